The lowest BCUT2D eigenvalue weighted by atomic mass is 9.96. The summed E-state index contributed by atoms with van der Waals surface area (Å²) >= 11 is 0. The van der Waals surface area contributed by atoms with Gasteiger partial charge in [0.05, 0.1) is 17.9 Å². The number of hydrogen-bond acceptors (Lipinski definition) is 3. The molecular formula is C17H26N4. The molecule has 2 N–H and O–H groups in total. The minimum absolute atomic E-state index is 0.110. The molecule has 1 atom stereocenters. The number of hydrogen-bond donors (Lipinski definition) is 1. The zero-order chi connectivity index (χ0) is 15.5. The summed E-state index contributed by atoms with van der Waals surface area (Å²) in [4.78, 5) is 2.35. The summed E-state index contributed by atoms with van der Waals surface area (Å²) in [5, 5.41) is 4.48. The van der Waals surface area contributed by atoms with Gasteiger partial charge >= 0.3 is 0 Å². The minimum Gasteiger partial charge on any atom is -0.329 e. The normalized spacial score (nSPS) is 13.6. The van der Waals surface area contributed by atoms with Gasteiger partial charge in [0.2, 0.25) is 0 Å². The van der Waals surface area contributed by atoms with Gasteiger partial charge in [0.15, 0.2) is 0 Å². The van der Waals surface area contributed by atoms with E-state index in [1.807, 2.05) is 41.2 Å². The second-order valence-electron chi connectivity index (χ2n) is 6.08. The van der Waals surface area contributed by atoms with E-state index in [9.17, 15) is 0 Å². The van der Waals surface area contributed by atoms with Gasteiger partial charge in [-0.1, -0.05) is 25.1 Å². The average Bonchev–Trinajstić information content (AvgIpc) is 2.98. The molecule has 1 heterocycles. The van der Waals surface area contributed by atoms with Crippen molar-refractivity contribution in [3.05, 3.63) is 48.3 Å². The topological polar surface area (TPSA) is 47.1 Å². The Bertz CT molecular complexity index is 559. The van der Waals surface area contributed by atoms with Gasteiger partial charge in [-0.3, -0.25) is 4.90 Å². The first-order valence-electron chi connectivity index (χ1n) is 7.52. The molecule has 1 aromatic heterocycles. The van der Waals surface area contributed by atoms with Crippen molar-refractivity contribution < 1.29 is 0 Å². The summed E-state index contributed by atoms with van der Waals surface area (Å²) in [6, 6.07) is 10.3. The van der Waals surface area contributed by atoms with E-state index in [4.69, 9.17) is 5.73 Å². The fraction of sp³-hybridized carbons (Fsp3) is 0.471. The van der Waals surface area contributed by atoms with Crippen LogP contribution in [0.4, 0.5) is 0 Å². The van der Waals surface area contributed by atoms with Crippen LogP contribution in [-0.4, -0.2) is 33.8 Å². The first-order chi connectivity index (χ1) is 9.99. The van der Waals surface area contributed by atoms with Crippen LogP contribution < -0.4 is 5.73 Å². The molecule has 1 aromatic carbocycles. The molecule has 0 aliphatic rings. The van der Waals surface area contributed by atoms with Gasteiger partial charge in [-0.05, 0) is 39.4 Å². The Morgan fingerprint density at radius 1 is 1.29 bits per heavy atom. The first-order valence-corrected chi connectivity index (χ1v) is 7.52. The quantitative estimate of drug-likeness (QED) is 0.888. The van der Waals surface area contributed by atoms with E-state index in [1.165, 1.54) is 0 Å². The SMILES string of the molecule is CCC(C)(C)N(C)C(CN)c1cnn(-c2ccccc2)c1. The Balaban J connectivity index is 2.26. The van der Waals surface area contributed by atoms with Gasteiger partial charge < -0.3 is 5.73 Å². The largest absolute Gasteiger partial charge is 0.329 e. The molecule has 0 saturated carbocycles. The van der Waals surface area contributed by atoms with Crippen LogP contribution in [0, 0.1) is 0 Å². The van der Waals surface area contributed by atoms with Crippen molar-refractivity contribution in [1.82, 2.24) is 14.7 Å². The monoisotopic (exact) mass is 286 g/mol. The predicted octanol–water partition coefficient (Wildman–Crippen LogP) is 2.99. The molecule has 21 heavy (non-hydrogen) atoms. The molecule has 0 aliphatic carbocycles. The van der Waals surface area contributed by atoms with E-state index >= 15 is 0 Å². The maximum atomic E-state index is 6.03. The van der Waals surface area contributed by atoms with Crippen LogP contribution in [-0.2, 0) is 0 Å². The fourth-order valence-corrected chi connectivity index (χ4v) is 2.42. The fourth-order valence-electron chi connectivity index (χ4n) is 2.42. The highest BCUT2D eigenvalue weighted by atomic mass is 15.3. The molecule has 1 unspecified atom stereocenters. The zero-order valence-electron chi connectivity index (χ0n) is 13.5. The van der Waals surface area contributed by atoms with E-state index in [0.29, 0.717) is 6.54 Å². The van der Waals surface area contributed by atoms with Gasteiger partial charge in [-0.25, -0.2) is 4.68 Å². The molecule has 0 amide bonds. The third-order valence-corrected chi connectivity index (χ3v) is 4.52. The lowest BCUT2D eigenvalue weighted by Gasteiger charge is -2.40. The van der Waals surface area contributed by atoms with Crippen LogP contribution in [0.2, 0.25) is 0 Å². The molecule has 2 rings (SSSR count). The van der Waals surface area contributed by atoms with Gasteiger partial charge in [-0.2, -0.15) is 5.10 Å². The number of aromatic nitrogens is 2. The number of rotatable bonds is 6. The van der Waals surface area contributed by atoms with Crippen LogP contribution >= 0.6 is 0 Å². The standard InChI is InChI=1S/C17H26N4/c1-5-17(2,3)20(4)16(11-18)14-12-19-21(13-14)15-9-7-6-8-10-15/h6-10,12-13,16H,5,11,18H2,1-4H3. The number of likely N-dealkylation sites (N-methyl/N-ethyl adjacent to an activating group) is 1. The van der Waals surface area contributed by atoms with Crippen LogP contribution in [0.25, 0.3) is 5.69 Å². The zero-order valence-corrected chi connectivity index (χ0v) is 13.5. The summed E-state index contributed by atoms with van der Waals surface area (Å²) in [6.45, 7) is 7.28. The van der Waals surface area contributed by atoms with E-state index in [1.54, 1.807) is 0 Å². The Kier molecular flexibility index (Phi) is 4.80. The van der Waals surface area contributed by atoms with E-state index < -0.39 is 0 Å². The Labute approximate surface area is 127 Å². The van der Waals surface area contributed by atoms with E-state index in [2.05, 4.69) is 44.0 Å². The van der Waals surface area contributed by atoms with Crippen molar-refractivity contribution in [2.75, 3.05) is 13.6 Å². The number of para-hydroxylation sites is 1. The number of nitrogens with zero attached hydrogens (tertiary/aromatic N) is 3. The molecule has 0 radical (unpaired) electrons. The molecule has 4 nitrogen and oxygen atoms in total. The maximum Gasteiger partial charge on any atom is 0.0645 e. The number of nitrogens with two attached hydrogens (primary N) is 1. The van der Waals surface area contributed by atoms with Crippen LogP contribution in [0.3, 0.4) is 0 Å². The van der Waals surface area contributed by atoms with E-state index in [0.717, 1.165) is 17.7 Å². The second kappa shape index (κ2) is 6.41. The molecule has 114 valence electrons. The van der Waals surface area contributed by atoms with Crippen LogP contribution in [0.5, 0.6) is 0 Å². The van der Waals surface area contributed by atoms with Crippen molar-refractivity contribution in [1.29, 1.82) is 0 Å². The maximum absolute atomic E-state index is 6.03. The van der Waals surface area contributed by atoms with E-state index in [-0.39, 0.29) is 11.6 Å². The minimum atomic E-state index is 0.110. The molecule has 4 heteroatoms. The summed E-state index contributed by atoms with van der Waals surface area (Å²) in [5.74, 6) is 0. The average molecular weight is 286 g/mol. The molecular weight excluding hydrogens is 260 g/mol. The summed E-state index contributed by atoms with van der Waals surface area (Å²) in [5.41, 5.74) is 8.36. The van der Waals surface area contributed by atoms with Crippen molar-refractivity contribution in [2.45, 2.75) is 38.8 Å². The Morgan fingerprint density at radius 2 is 1.95 bits per heavy atom. The van der Waals surface area contributed by atoms with Gasteiger partial charge in [-0.15, -0.1) is 0 Å². The first kappa shape index (κ1) is 15.7. The smallest absolute Gasteiger partial charge is 0.0645 e. The number of benzene rings is 1. The van der Waals surface area contributed by atoms with Gasteiger partial charge in [0.1, 0.15) is 0 Å². The second-order valence-corrected chi connectivity index (χ2v) is 6.08. The van der Waals surface area contributed by atoms with Crippen LogP contribution in [0.1, 0.15) is 38.8 Å². The Morgan fingerprint density at radius 3 is 2.52 bits per heavy atom. The third kappa shape index (κ3) is 3.34. The molecule has 0 bridgehead atoms. The lowest BCUT2D eigenvalue weighted by molar-refractivity contribution is 0.100. The third-order valence-electron chi connectivity index (χ3n) is 4.52. The summed E-state index contributed by atoms with van der Waals surface area (Å²) in [6.07, 6.45) is 5.08. The van der Waals surface area contributed by atoms with Crippen LogP contribution in [0.15, 0.2) is 42.7 Å². The van der Waals surface area contributed by atoms with Crippen molar-refractivity contribution in [2.24, 2.45) is 5.73 Å². The molecule has 0 aliphatic heterocycles. The van der Waals surface area contributed by atoms with Gasteiger partial charge in [0, 0.05) is 23.8 Å². The van der Waals surface area contributed by atoms with Crippen molar-refractivity contribution in [3.63, 3.8) is 0 Å². The Hall–Kier alpha value is -1.65. The molecule has 2 aromatic rings. The predicted molar refractivity (Wildman–Crippen MR) is 87.5 cm³/mol. The molecule has 0 spiro atoms. The highest BCUT2D eigenvalue weighted by molar-refractivity contribution is 5.31. The molecule has 0 saturated heterocycles. The summed E-state index contributed by atoms with van der Waals surface area (Å²) in [7, 11) is 2.14. The highest BCUT2D eigenvalue weighted by Gasteiger charge is 2.28. The molecule has 0 fully saturated rings. The highest BCUT2D eigenvalue weighted by Crippen LogP contribution is 2.28. The summed E-state index contributed by atoms with van der Waals surface area (Å²) < 4.78 is 1.91. The van der Waals surface area contributed by atoms with Crippen molar-refractivity contribution >= 4 is 0 Å². The van der Waals surface area contributed by atoms with Crippen molar-refractivity contribution in [3.8, 4) is 5.69 Å². The van der Waals surface area contributed by atoms with Gasteiger partial charge in [0.25, 0.3) is 0 Å². The lowest BCUT2D eigenvalue weighted by Crippen LogP contribution is -2.45.